The smallest absolute Gasteiger partial charge is 0.240 e. The van der Waals surface area contributed by atoms with E-state index in [-0.39, 0.29) is 0 Å². The molecule has 5 heteroatoms. The highest BCUT2D eigenvalue weighted by Gasteiger charge is 1.96. The standard InChI is InChI=1S/C14H9N3O2/c18-9-15-11-1-5-13(6-2-11)17-14-7-3-12(4-8-14)16-10-19/h1-8,17H. The fourth-order valence-electron chi connectivity index (χ4n) is 1.51. The molecule has 0 radical (unpaired) electrons. The average Bonchev–Trinajstić information content (AvgIpc) is 2.44. The van der Waals surface area contributed by atoms with Gasteiger partial charge in [0.25, 0.3) is 0 Å². The van der Waals surface area contributed by atoms with Crippen molar-refractivity contribution in [3.63, 3.8) is 0 Å². The Balaban J connectivity index is 2.11. The first-order valence-corrected chi connectivity index (χ1v) is 5.45. The first-order valence-electron chi connectivity index (χ1n) is 5.45. The molecule has 2 rings (SSSR count). The van der Waals surface area contributed by atoms with E-state index < -0.39 is 0 Å². The van der Waals surface area contributed by atoms with Gasteiger partial charge in [-0.2, -0.15) is 9.98 Å². The lowest BCUT2D eigenvalue weighted by Crippen LogP contribution is -1.88. The summed E-state index contributed by atoms with van der Waals surface area (Å²) in [6.45, 7) is 0. The molecular weight excluding hydrogens is 242 g/mol. The lowest BCUT2D eigenvalue weighted by Gasteiger charge is -2.06. The molecule has 0 saturated heterocycles. The van der Waals surface area contributed by atoms with Gasteiger partial charge in [-0.3, -0.25) is 0 Å². The molecule has 0 aliphatic rings. The molecule has 0 bridgehead atoms. The predicted octanol–water partition coefficient (Wildman–Crippen LogP) is 3.36. The van der Waals surface area contributed by atoms with Crippen molar-refractivity contribution in [1.29, 1.82) is 0 Å². The largest absolute Gasteiger partial charge is 0.356 e. The first kappa shape index (κ1) is 12.5. The van der Waals surface area contributed by atoms with Crippen molar-refractivity contribution in [2.75, 3.05) is 5.32 Å². The van der Waals surface area contributed by atoms with Crippen LogP contribution in [0.2, 0.25) is 0 Å². The maximum Gasteiger partial charge on any atom is 0.240 e. The minimum absolute atomic E-state index is 0.552. The van der Waals surface area contributed by atoms with E-state index in [0.29, 0.717) is 11.4 Å². The van der Waals surface area contributed by atoms with Gasteiger partial charge in [-0.05, 0) is 48.5 Å². The zero-order valence-electron chi connectivity index (χ0n) is 9.83. The van der Waals surface area contributed by atoms with E-state index in [9.17, 15) is 9.59 Å². The second-order valence-electron chi connectivity index (χ2n) is 3.62. The van der Waals surface area contributed by atoms with Crippen LogP contribution in [0.25, 0.3) is 0 Å². The van der Waals surface area contributed by atoms with Crippen LogP contribution in [0.1, 0.15) is 0 Å². The summed E-state index contributed by atoms with van der Waals surface area (Å²) in [5.74, 6) is 0. The molecule has 0 aromatic heterocycles. The van der Waals surface area contributed by atoms with Crippen LogP contribution < -0.4 is 5.32 Å². The van der Waals surface area contributed by atoms with Gasteiger partial charge in [0.1, 0.15) is 0 Å². The number of aliphatic imine (C=N–C) groups is 2. The number of anilines is 2. The monoisotopic (exact) mass is 251 g/mol. The summed E-state index contributed by atoms with van der Waals surface area (Å²) in [6.07, 6.45) is 2.97. The zero-order valence-corrected chi connectivity index (χ0v) is 9.83. The average molecular weight is 251 g/mol. The van der Waals surface area contributed by atoms with Crippen molar-refractivity contribution in [2.45, 2.75) is 0 Å². The summed E-state index contributed by atoms with van der Waals surface area (Å²) < 4.78 is 0. The number of hydrogen-bond acceptors (Lipinski definition) is 5. The quantitative estimate of drug-likeness (QED) is 0.669. The Hall–Kier alpha value is -3.00. The first-order chi connectivity index (χ1) is 9.31. The fraction of sp³-hybridized carbons (Fsp3) is 0. The normalized spacial score (nSPS) is 9.05. The van der Waals surface area contributed by atoms with Gasteiger partial charge in [-0.25, -0.2) is 9.59 Å². The van der Waals surface area contributed by atoms with Crippen LogP contribution in [0.5, 0.6) is 0 Å². The summed E-state index contributed by atoms with van der Waals surface area (Å²) in [7, 11) is 0. The van der Waals surface area contributed by atoms with Gasteiger partial charge in [0.05, 0.1) is 11.4 Å². The van der Waals surface area contributed by atoms with Crippen LogP contribution >= 0.6 is 0 Å². The van der Waals surface area contributed by atoms with Crippen LogP contribution in [0.3, 0.4) is 0 Å². The molecule has 0 heterocycles. The van der Waals surface area contributed by atoms with Gasteiger partial charge in [-0.15, -0.1) is 0 Å². The Labute approximate surface area is 109 Å². The molecule has 19 heavy (non-hydrogen) atoms. The third kappa shape index (κ3) is 3.48. The predicted molar refractivity (Wildman–Crippen MR) is 71.7 cm³/mol. The summed E-state index contributed by atoms with van der Waals surface area (Å²) in [4.78, 5) is 27.2. The van der Waals surface area contributed by atoms with Crippen LogP contribution in [-0.2, 0) is 9.59 Å². The van der Waals surface area contributed by atoms with Gasteiger partial charge in [0.2, 0.25) is 12.2 Å². The molecule has 2 aromatic carbocycles. The summed E-state index contributed by atoms with van der Waals surface area (Å²) in [5, 5.41) is 3.16. The Bertz CT molecular complexity index is 591. The lowest BCUT2D eigenvalue weighted by molar-refractivity contribution is 0.564. The maximum absolute atomic E-state index is 10.1. The van der Waals surface area contributed by atoms with Gasteiger partial charge in [0, 0.05) is 11.4 Å². The van der Waals surface area contributed by atoms with Gasteiger partial charge < -0.3 is 5.32 Å². The molecule has 5 nitrogen and oxygen atoms in total. The van der Waals surface area contributed by atoms with Crippen LogP contribution in [0.15, 0.2) is 58.5 Å². The third-order valence-corrected chi connectivity index (χ3v) is 2.37. The zero-order chi connectivity index (χ0) is 13.5. The molecule has 0 saturated carbocycles. The minimum atomic E-state index is 0.552. The number of nitrogens with one attached hydrogen (secondary N) is 1. The Kier molecular flexibility index (Phi) is 3.98. The number of nitrogens with zero attached hydrogens (tertiary/aromatic N) is 2. The van der Waals surface area contributed by atoms with E-state index in [1.165, 1.54) is 12.2 Å². The fourth-order valence-corrected chi connectivity index (χ4v) is 1.51. The van der Waals surface area contributed by atoms with E-state index in [0.717, 1.165) is 11.4 Å². The molecule has 0 unspecified atom stereocenters. The van der Waals surface area contributed by atoms with E-state index in [1.807, 2.05) is 0 Å². The van der Waals surface area contributed by atoms with Crippen molar-refractivity contribution in [3.8, 4) is 0 Å². The van der Waals surface area contributed by atoms with E-state index in [1.54, 1.807) is 48.5 Å². The molecule has 0 spiro atoms. The molecule has 1 N–H and O–H groups in total. The molecule has 0 atom stereocenters. The number of isocyanates is 2. The van der Waals surface area contributed by atoms with Gasteiger partial charge >= 0.3 is 0 Å². The number of hydrogen-bond donors (Lipinski definition) is 1. The highest BCUT2D eigenvalue weighted by molar-refractivity contribution is 5.64. The van der Waals surface area contributed by atoms with E-state index in [2.05, 4.69) is 15.3 Å². The molecule has 2 aromatic rings. The third-order valence-electron chi connectivity index (χ3n) is 2.37. The number of carbonyl (C=O) groups excluding carboxylic acids is 2. The van der Waals surface area contributed by atoms with E-state index >= 15 is 0 Å². The topological polar surface area (TPSA) is 70.9 Å². The van der Waals surface area contributed by atoms with E-state index in [4.69, 9.17) is 0 Å². The van der Waals surface area contributed by atoms with Crippen LogP contribution in [-0.4, -0.2) is 12.2 Å². The highest BCUT2D eigenvalue weighted by Crippen LogP contribution is 2.22. The molecule has 0 fully saturated rings. The molecule has 0 aliphatic heterocycles. The van der Waals surface area contributed by atoms with Crippen molar-refractivity contribution in [1.82, 2.24) is 0 Å². The number of benzene rings is 2. The highest BCUT2D eigenvalue weighted by atomic mass is 16.1. The van der Waals surface area contributed by atoms with Gasteiger partial charge in [-0.1, -0.05) is 0 Å². The van der Waals surface area contributed by atoms with Crippen molar-refractivity contribution >= 4 is 34.9 Å². The lowest BCUT2D eigenvalue weighted by atomic mass is 10.2. The Morgan fingerprint density at radius 2 is 1.05 bits per heavy atom. The Morgan fingerprint density at radius 3 is 1.37 bits per heavy atom. The maximum atomic E-state index is 10.1. The number of rotatable bonds is 4. The Morgan fingerprint density at radius 1 is 0.684 bits per heavy atom. The second kappa shape index (κ2) is 6.07. The minimum Gasteiger partial charge on any atom is -0.356 e. The summed E-state index contributed by atoms with van der Waals surface area (Å²) in [6, 6.07) is 14.0. The second-order valence-corrected chi connectivity index (χ2v) is 3.62. The van der Waals surface area contributed by atoms with Crippen LogP contribution in [0.4, 0.5) is 22.7 Å². The van der Waals surface area contributed by atoms with Crippen molar-refractivity contribution in [2.24, 2.45) is 9.98 Å². The molecule has 0 aliphatic carbocycles. The summed E-state index contributed by atoms with van der Waals surface area (Å²) in [5.41, 5.74) is 2.82. The van der Waals surface area contributed by atoms with Gasteiger partial charge in [0.15, 0.2) is 0 Å². The van der Waals surface area contributed by atoms with Crippen molar-refractivity contribution in [3.05, 3.63) is 48.5 Å². The summed E-state index contributed by atoms with van der Waals surface area (Å²) >= 11 is 0. The molecule has 92 valence electrons. The molecule has 0 amide bonds. The van der Waals surface area contributed by atoms with Crippen molar-refractivity contribution < 1.29 is 9.59 Å². The molecular formula is C14H9N3O2. The SMILES string of the molecule is O=C=Nc1ccc(Nc2ccc(N=C=O)cc2)cc1. The van der Waals surface area contributed by atoms with Crippen LogP contribution in [0, 0.1) is 0 Å².